The van der Waals surface area contributed by atoms with Crippen molar-refractivity contribution in [3.8, 4) is 0 Å². The molecule has 0 unspecified atom stereocenters. The molecular formula is C8H12O5. The Hall–Kier alpha value is -1.39. The maximum Gasteiger partial charge on any atom is 0.372 e. The summed E-state index contributed by atoms with van der Waals surface area (Å²) in [5.41, 5.74) is -1.11. The minimum Gasteiger partial charge on any atom is -0.481 e. The largest absolute Gasteiger partial charge is 0.481 e. The maximum absolute atomic E-state index is 11.0. The zero-order chi connectivity index (χ0) is 10.6. The Morgan fingerprint density at radius 2 is 1.62 bits per heavy atom. The van der Waals surface area contributed by atoms with E-state index in [-0.39, 0.29) is 12.8 Å². The molecule has 0 aromatic carbocycles. The molecule has 0 bridgehead atoms. The van der Waals surface area contributed by atoms with E-state index in [4.69, 9.17) is 10.2 Å². The molecule has 13 heavy (non-hydrogen) atoms. The van der Waals surface area contributed by atoms with E-state index in [0.717, 1.165) is 0 Å². The van der Waals surface area contributed by atoms with E-state index in [1.807, 2.05) is 0 Å². The number of Topliss-reactive ketones (excluding diaryl/α,β-unsaturated/α-hetero) is 1. The minimum absolute atomic E-state index is 0.0352. The lowest BCUT2D eigenvalue weighted by Gasteiger charge is -2.18. The molecule has 0 aromatic heterocycles. The van der Waals surface area contributed by atoms with E-state index in [0.29, 0.717) is 0 Å². The van der Waals surface area contributed by atoms with Crippen LogP contribution in [0.15, 0.2) is 0 Å². The van der Waals surface area contributed by atoms with Crippen molar-refractivity contribution in [2.75, 3.05) is 0 Å². The van der Waals surface area contributed by atoms with Gasteiger partial charge in [0.15, 0.2) is 0 Å². The van der Waals surface area contributed by atoms with Crippen molar-refractivity contribution in [3.63, 3.8) is 0 Å². The summed E-state index contributed by atoms with van der Waals surface area (Å²) in [6, 6.07) is 0. The summed E-state index contributed by atoms with van der Waals surface area (Å²) in [4.78, 5) is 31.5. The van der Waals surface area contributed by atoms with E-state index in [1.54, 1.807) is 0 Å². The van der Waals surface area contributed by atoms with Crippen molar-refractivity contribution in [2.45, 2.75) is 26.7 Å². The molecule has 0 spiro atoms. The van der Waals surface area contributed by atoms with Gasteiger partial charge in [0.2, 0.25) is 5.78 Å². The Morgan fingerprint density at radius 1 is 1.15 bits per heavy atom. The number of hydrogen-bond donors (Lipinski definition) is 2. The first kappa shape index (κ1) is 11.6. The third-order valence-electron chi connectivity index (χ3n) is 1.77. The highest BCUT2D eigenvalue weighted by molar-refractivity contribution is 6.34. The van der Waals surface area contributed by atoms with Crippen LogP contribution in [-0.2, 0) is 14.4 Å². The summed E-state index contributed by atoms with van der Waals surface area (Å²) in [7, 11) is 0. The van der Waals surface area contributed by atoms with E-state index < -0.39 is 23.1 Å². The standard InChI is InChI=1S/C8H12O5/c1-8(2,4-3-5(9)10)6(11)7(12)13/h3-4H2,1-2H3,(H,9,10)(H,12,13). The van der Waals surface area contributed by atoms with Crippen LogP contribution in [0.4, 0.5) is 0 Å². The van der Waals surface area contributed by atoms with E-state index in [1.165, 1.54) is 13.8 Å². The van der Waals surface area contributed by atoms with Crippen LogP contribution < -0.4 is 0 Å². The number of carboxylic acid groups (broad SMARTS) is 2. The molecule has 0 rings (SSSR count). The van der Waals surface area contributed by atoms with Crippen molar-refractivity contribution < 1.29 is 24.6 Å². The Morgan fingerprint density at radius 3 is 1.92 bits per heavy atom. The normalized spacial score (nSPS) is 10.9. The van der Waals surface area contributed by atoms with Crippen molar-refractivity contribution >= 4 is 17.7 Å². The van der Waals surface area contributed by atoms with Gasteiger partial charge in [-0.1, -0.05) is 13.8 Å². The zero-order valence-electron chi connectivity index (χ0n) is 7.53. The quantitative estimate of drug-likeness (QED) is 0.614. The summed E-state index contributed by atoms with van der Waals surface area (Å²) >= 11 is 0. The summed E-state index contributed by atoms with van der Waals surface area (Å²) in [5.74, 6) is -3.50. The van der Waals surface area contributed by atoms with Crippen LogP contribution in [0, 0.1) is 5.41 Å². The molecule has 0 amide bonds. The number of carboxylic acids is 2. The summed E-state index contributed by atoms with van der Waals surface area (Å²) in [6.45, 7) is 2.85. The van der Waals surface area contributed by atoms with Crippen LogP contribution in [0.5, 0.6) is 0 Å². The maximum atomic E-state index is 11.0. The third kappa shape index (κ3) is 3.68. The van der Waals surface area contributed by atoms with Gasteiger partial charge in [0.1, 0.15) is 0 Å². The summed E-state index contributed by atoms with van der Waals surface area (Å²) in [6.07, 6.45) is -0.167. The van der Waals surface area contributed by atoms with Gasteiger partial charge in [0.05, 0.1) is 0 Å². The van der Waals surface area contributed by atoms with Gasteiger partial charge in [-0.2, -0.15) is 0 Å². The second kappa shape index (κ2) is 4.02. The molecule has 74 valence electrons. The van der Waals surface area contributed by atoms with Crippen molar-refractivity contribution in [2.24, 2.45) is 5.41 Å². The van der Waals surface area contributed by atoms with Crippen molar-refractivity contribution in [3.05, 3.63) is 0 Å². The highest BCUT2D eigenvalue weighted by Crippen LogP contribution is 2.23. The fraction of sp³-hybridized carbons (Fsp3) is 0.625. The van der Waals surface area contributed by atoms with Crippen LogP contribution >= 0.6 is 0 Å². The number of carbonyl (C=O) groups is 3. The monoisotopic (exact) mass is 188 g/mol. The number of aliphatic carboxylic acids is 2. The van der Waals surface area contributed by atoms with Crippen LogP contribution in [0.1, 0.15) is 26.7 Å². The molecule has 0 aromatic rings. The summed E-state index contributed by atoms with van der Waals surface area (Å²) < 4.78 is 0. The van der Waals surface area contributed by atoms with Gasteiger partial charge >= 0.3 is 11.9 Å². The number of ketones is 1. The van der Waals surface area contributed by atoms with Gasteiger partial charge in [0, 0.05) is 11.8 Å². The molecule has 0 saturated heterocycles. The van der Waals surface area contributed by atoms with Gasteiger partial charge in [-0.25, -0.2) is 4.79 Å². The Bertz CT molecular complexity index is 241. The fourth-order valence-electron chi connectivity index (χ4n) is 0.822. The second-order valence-corrected chi connectivity index (χ2v) is 3.41. The molecule has 0 aliphatic heterocycles. The highest BCUT2D eigenvalue weighted by atomic mass is 16.4. The first-order valence-corrected chi connectivity index (χ1v) is 3.77. The molecule has 5 nitrogen and oxygen atoms in total. The molecule has 0 fully saturated rings. The minimum atomic E-state index is -1.52. The Labute approximate surface area is 75.4 Å². The molecule has 0 heterocycles. The predicted octanol–water partition coefficient (Wildman–Crippen LogP) is 0.531. The van der Waals surface area contributed by atoms with Gasteiger partial charge in [-0.3, -0.25) is 9.59 Å². The average Bonchev–Trinajstić information content (AvgIpc) is 1.99. The van der Waals surface area contributed by atoms with Gasteiger partial charge in [-0.15, -0.1) is 0 Å². The molecular weight excluding hydrogens is 176 g/mol. The lowest BCUT2D eigenvalue weighted by Crippen LogP contribution is -2.31. The second-order valence-electron chi connectivity index (χ2n) is 3.41. The van der Waals surface area contributed by atoms with Gasteiger partial charge < -0.3 is 10.2 Å². The van der Waals surface area contributed by atoms with Gasteiger partial charge in [-0.05, 0) is 6.42 Å². The average molecular weight is 188 g/mol. The lowest BCUT2D eigenvalue weighted by molar-refractivity contribution is -0.154. The van der Waals surface area contributed by atoms with E-state index in [9.17, 15) is 14.4 Å². The molecule has 2 N–H and O–H groups in total. The van der Waals surface area contributed by atoms with E-state index in [2.05, 4.69) is 0 Å². The molecule has 0 radical (unpaired) electrons. The summed E-state index contributed by atoms with van der Waals surface area (Å²) in [5, 5.41) is 16.7. The zero-order valence-corrected chi connectivity index (χ0v) is 7.53. The van der Waals surface area contributed by atoms with Crippen LogP contribution in [0.3, 0.4) is 0 Å². The number of hydrogen-bond acceptors (Lipinski definition) is 3. The lowest BCUT2D eigenvalue weighted by atomic mass is 9.83. The van der Waals surface area contributed by atoms with Crippen molar-refractivity contribution in [1.29, 1.82) is 0 Å². The topological polar surface area (TPSA) is 91.7 Å². The third-order valence-corrected chi connectivity index (χ3v) is 1.77. The first-order valence-electron chi connectivity index (χ1n) is 3.77. The molecule has 5 heteroatoms. The van der Waals surface area contributed by atoms with Crippen molar-refractivity contribution in [1.82, 2.24) is 0 Å². The Balaban J connectivity index is 4.30. The number of rotatable bonds is 5. The Kier molecular flexibility index (Phi) is 3.59. The molecule has 0 saturated carbocycles. The van der Waals surface area contributed by atoms with Gasteiger partial charge in [0.25, 0.3) is 0 Å². The molecule has 0 aliphatic rings. The number of carbonyl (C=O) groups excluding carboxylic acids is 1. The van der Waals surface area contributed by atoms with Crippen LogP contribution in [-0.4, -0.2) is 27.9 Å². The first-order chi connectivity index (χ1) is 5.77. The van der Waals surface area contributed by atoms with Crippen LogP contribution in [0.25, 0.3) is 0 Å². The predicted molar refractivity (Wildman–Crippen MR) is 43.3 cm³/mol. The van der Waals surface area contributed by atoms with E-state index >= 15 is 0 Å². The SMILES string of the molecule is CC(C)(CCC(=O)O)C(=O)C(=O)O. The fourth-order valence-corrected chi connectivity index (χ4v) is 0.822. The smallest absolute Gasteiger partial charge is 0.372 e. The molecule has 0 aliphatic carbocycles. The highest BCUT2D eigenvalue weighted by Gasteiger charge is 2.32. The molecule has 0 atom stereocenters. The van der Waals surface area contributed by atoms with Crippen LogP contribution in [0.2, 0.25) is 0 Å².